The first-order chi connectivity index (χ1) is 6.79. The van der Waals surface area contributed by atoms with E-state index in [0.29, 0.717) is 16.1 Å². The molecule has 0 radical (unpaired) electrons. The van der Waals surface area contributed by atoms with E-state index in [4.69, 9.17) is 16.0 Å². The van der Waals surface area contributed by atoms with Gasteiger partial charge in [0.1, 0.15) is 6.26 Å². The van der Waals surface area contributed by atoms with Crippen molar-refractivity contribution in [2.45, 2.75) is 0 Å². The monoisotopic (exact) mass is 204 g/mol. The molecule has 0 spiro atoms. The van der Waals surface area contributed by atoms with Crippen LogP contribution in [0.3, 0.4) is 0 Å². The SMILES string of the molecule is O=C1c2cocc2-c2c(Cl)cccc21. The quantitative estimate of drug-likeness (QED) is 0.563. The van der Waals surface area contributed by atoms with Crippen molar-refractivity contribution >= 4 is 17.4 Å². The summed E-state index contributed by atoms with van der Waals surface area (Å²) >= 11 is 6.03. The molecular formula is C11H5ClO2. The smallest absolute Gasteiger partial charge is 0.197 e. The summed E-state index contributed by atoms with van der Waals surface area (Å²) in [5, 5.41) is 0.594. The molecule has 2 aromatic rings. The minimum Gasteiger partial charge on any atom is -0.471 e. The van der Waals surface area contributed by atoms with Crippen molar-refractivity contribution in [2.75, 3.05) is 0 Å². The fraction of sp³-hybridized carbons (Fsp3) is 0. The summed E-state index contributed by atoms with van der Waals surface area (Å²) in [5.74, 6) is -0.00810. The molecule has 0 N–H and O–H groups in total. The number of furan rings is 1. The molecule has 0 atom stereocenters. The molecule has 1 aliphatic carbocycles. The largest absolute Gasteiger partial charge is 0.471 e. The van der Waals surface area contributed by atoms with E-state index in [2.05, 4.69) is 0 Å². The molecule has 68 valence electrons. The Morgan fingerprint density at radius 1 is 1.07 bits per heavy atom. The number of hydrogen-bond donors (Lipinski definition) is 0. The molecule has 0 saturated carbocycles. The molecule has 0 saturated heterocycles. The highest BCUT2D eigenvalue weighted by molar-refractivity contribution is 6.36. The van der Waals surface area contributed by atoms with Crippen molar-refractivity contribution in [3.63, 3.8) is 0 Å². The maximum Gasteiger partial charge on any atom is 0.197 e. The zero-order chi connectivity index (χ0) is 9.71. The van der Waals surface area contributed by atoms with Crippen LogP contribution in [0.4, 0.5) is 0 Å². The van der Waals surface area contributed by atoms with Crippen LogP contribution in [0.5, 0.6) is 0 Å². The van der Waals surface area contributed by atoms with Crippen LogP contribution in [0, 0.1) is 0 Å². The number of hydrogen-bond acceptors (Lipinski definition) is 2. The van der Waals surface area contributed by atoms with Crippen molar-refractivity contribution in [3.05, 3.63) is 46.9 Å². The lowest BCUT2D eigenvalue weighted by atomic mass is 10.1. The number of fused-ring (bicyclic) bond motifs is 3. The first-order valence-electron chi connectivity index (χ1n) is 4.19. The summed E-state index contributed by atoms with van der Waals surface area (Å²) in [5.41, 5.74) is 2.87. The summed E-state index contributed by atoms with van der Waals surface area (Å²) in [4.78, 5) is 11.8. The Morgan fingerprint density at radius 3 is 2.71 bits per heavy atom. The van der Waals surface area contributed by atoms with Crippen LogP contribution in [-0.4, -0.2) is 5.78 Å². The summed E-state index contributed by atoms with van der Waals surface area (Å²) in [6.07, 6.45) is 3.03. The molecule has 1 aliphatic rings. The maximum atomic E-state index is 11.8. The van der Waals surface area contributed by atoms with Crippen molar-refractivity contribution < 1.29 is 9.21 Å². The lowest BCUT2D eigenvalue weighted by Crippen LogP contribution is -1.93. The lowest BCUT2D eigenvalue weighted by molar-refractivity contribution is 0.104. The van der Waals surface area contributed by atoms with Gasteiger partial charge in [0.05, 0.1) is 11.8 Å². The van der Waals surface area contributed by atoms with Crippen LogP contribution >= 0.6 is 11.6 Å². The predicted octanol–water partition coefficient (Wildman–Crippen LogP) is 3.14. The topological polar surface area (TPSA) is 30.2 Å². The Labute approximate surface area is 85.1 Å². The minimum atomic E-state index is -0.00810. The molecule has 0 unspecified atom stereocenters. The summed E-state index contributed by atoms with van der Waals surface area (Å²) < 4.78 is 4.99. The molecule has 0 amide bonds. The molecule has 3 heteroatoms. The van der Waals surface area contributed by atoms with Gasteiger partial charge in [-0.1, -0.05) is 23.7 Å². The van der Waals surface area contributed by atoms with E-state index in [1.165, 1.54) is 6.26 Å². The molecule has 1 aromatic heterocycles. The Bertz CT molecular complexity index is 540. The van der Waals surface area contributed by atoms with Gasteiger partial charge in [0.15, 0.2) is 5.78 Å². The zero-order valence-electron chi connectivity index (χ0n) is 7.08. The third-order valence-corrected chi connectivity index (χ3v) is 2.75. The van der Waals surface area contributed by atoms with Crippen LogP contribution in [0.25, 0.3) is 11.1 Å². The van der Waals surface area contributed by atoms with Crippen molar-refractivity contribution in [1.82, 2.24) is 0 Å². The second kappa shape index (κ2) is 2.49. The van der Waals surface area contributed by atoms with Gasteiger partial charge in [0.25, 0.3) is 0 Å². The second-order valence-corrected chi connectivity index (χ2v) is 3.60. The van der Waals surface area contributed by atoms with E-state index in [1.807, 2.05) is 0 Å². The van der Waals surface area contributed by atoms with Gasteiger partial charge in [0.2, 0.25) is 0 Å². The molecule has 0 bridgehead atoms. The van der Waals surface area contributed by atoms with Gasteiger partial charge in [-0.25, -0.2) is 0 Å². The summed E-state index contributed by atoms with van der Waals surface area (Å²) in [6, 6.07) is 5.33. The average molecular weight is 205 g/mol. The number of carbonyl (C=O) groups is 1. The molecule has 1 heterocycles. The molecule has 2 nitrogen and oxygen atoms in total. The number of carbonyl (C=O) groups excluding carboxylic acids is 1. The minimum absolute atomic E-state index is 0.00810. The van der Waals surface area contributed by atoms with Gasteiger partial charge in [-0.05, 0) is 6.07 Å². The maximum absolute atomic E-state index is 11.8. The third kappa shape index (κ3) is 0.788. The van der Waals surface area contributed by atoms with Crippen LogP contribution < -0.4 is 0 Å². The first-order valence-corrected chi connectivity index (χ1v) is 4.56. The highest BCUT2D eigenvalue weighted by Crippen LogP contribution is 2.41. The Balaban J connectivity index is 2.46. The Morgan fingerprint density at radius 2 is 1.86 bits per heavy atom. The van der Waals surface area contributed by atoms with Crippen LogP contribution in [0.15, 0.2) is 35.1 Å². The van der Waals surface area contributed by atoms with Crippen LogP contribution in [0.2, 0.25) is 5.02 Å². The number of halogens is 1. The third-order valence-electron chi connectivity index (χ3n) is 2.43. The number of benzene rings is 1. The summed E-state index contributed by atoms with van der Waals surface area (Å²) in [7, 11) is 0. The van der Waals surface area contributed by atoms with E-state index in [1.54, 1.807) is 24.5 Å². The molecule has 3 rings (SSSR count). The lowest BCUT2D eigenvalue weighted by Gasteiger charge is -1.99. The Kier molecular flexibility index (Phi) is 1.39. The van der Waals surface area contributed by atoms with Gasteiger partial charge in [-0.15, -0.1) is 0 Å². The normalized spacial score (nSPS) is 12.8. The molecule has 0 aliphatic heterocycles. The second-order valence-electron chi connectivity index (χ2n) is 3.19. The first kappa shape index (κ1) is 7.83. The van der Waals surface area contributed by atoms with E-state index >= 15 is 0 Å². The predicted molar refractivity (Wildman–Crippen MR) is 52.6 cm³/mol. The fourth-order valence-corrected chi connectivity index (χ4v) is 2.08. The number of rotatable bonds is 0. The van der Waals surface area contributed by atoms with Gasteiger partial charge >= 0.3 is 0 Å². The average Bonchev–Trinajstić information content (AvgIpc) is 2.72. The fourth-order valence-electron chi connectivity index (χ4n) is 1.80. The molecule has 0 fully saturated rings. The highest BCUT2D eigenvalue weighted by Gasteiger charge is 2.29. The van der Waals surface area contributed by atoms with Crippen molar-refractivity contribution in [3.8, 4) is 11.1 Å². The molecular weight excluding hydrogens is 200 g/mol. The van der Waals surface area contributed by atoms with E-state index in [9.17, 15) is 4.79 Å². The van der Waals surface area contributed by atoms with Gasteiger partial charge in [0, 0.05) is 21.7 Å². The number of ketones is 1. The van der Waals surface area contributed by atoms with Crippen LogP contribution in [0.1, 0.15) is 15.9 Å². The standard InChI is InChI=1S/C11H5ClO2/c12-9-3-1-2-6-10(9)7-4-14-5-8(7)11(6)13/h1-5H. The van der Waals surface area contributed by atoms with Crippen LogP contribution in [-0.2, 0) is 0 Å². The van der Waals surface area contributed by atoms with Crippen molar-refractivity contribution in [2.24, 2.45) is 0 Å². The van der Waals surface area contributed by atoms with Crippen molar-refractivity contribution in [1.29, 1.82) is 0 Å². The summed E-state index contributed by atoms with van der Waals surface area (Å²) in [6.45, 7) is 0. The van der Waals surface area contributed by atoms with Gasteiger partial charge in [-0.2, -0.15) is 0 Å². The molecule has 14 heavy (non-hydrogen) atoms. The van der Waals surface area contributed by atoms with E-state index in [-0.39, 0.29) is 5.78 Å². The highest BCUT2D eigenvalue weighted by atomic mass is 35.5. The van der Waals surface area contributed by atoms with Gasteiger partial charge in [-0.3, -0.25) is 4.79 Å². The van der Waals surface area contributed by atoms with E-state index in [0.717, 1.165) is 11.1 Å². The zero-order valence-corrected chi connectivity index (χ0v) is 7.84. The molecule has 1 aromatic carbocycles. The van der Waals surface area contributed by atoms with Gasteiger partial charge < -0.3 is 4.42 Å². The van der Waals surface area contributed by atoms with E-state index < -0.39 is 0 Å². The Hall–Kier alpha value is -1.54.